The van der Waals surface area contributed by atoms with Crippen LogP contribution in [0.15, 0.2) is 0 Å². The van der Waals surface area contributed by atoms with Crippen LogP contribution in [0.25, 0.3) is 0 Å². The van der Waals surface area contributed by atoms with Crippen molar-refractivity contribution in [2.75, 3.05) is 39.5 Å². The molecule has 1 aliphatic rings. The van der Waals surface area contributed by atoms with Gasteiger partial charge in [0.15, 0.2) is 0 Å². The van der Waals surface area contributed by atoms with E-state index in [1.807, 2.05) is 0 Å². The molecule has 1 aliphatic heterocycles. The second-order valence-corrected chi connectivity index (χ2v) is 7.50. The molecule has 20 heavy (non-hydrogen) atoms. The average molecular weight is 286 g/mol. The number of nitrogens with one attached hydrogen (secondary N) is 1. The number of rotatable bonds is 7. The predicted molar refractivity (Wildman–Crippen MR) is 84.0 cm³/mol. The van der Waals surface area contributed by atoms with Gasteiger partial charge in [0.2, 0.25) is 0 Å². The lowest BCUT2D eigenvalue weighted by molar-refractivity contribution is -0.0146. The third-order valence-electron chi connectivity index (χ3n) is 4.20. The molecule has 2 N–H and O–H groups in total. The number of aliphatic hydroxyl groups is 1. The fraction of sp³-hybridized carbons (Fsp3) is 1.00. The summed E-state index contributed by atoms with van der Waals surface area (Å²) in [6, 6.07) is 0.469. The Balaban J connectivity index is 2.71. The van der Waals surface area contributed by atoms with Crippen molar-refractivity contribution in [3.63, 3.8) is 0 Å². The molecular formula is C16H34N2O2. The Bertz CT molecular complexity index is 268. The van der Waals surface area contributed by atoms with Crippen molar-refractivity contribution in [2.45, 2.75) is 59.0 Å². The Morgan fingerprint density at radius 2 is 1.85 bits per heavy atom. The van der Waals surface area contributed by atoms with Crippen LogP contribution in [0.5, 0.6) is 0 Å². The molecular weight excluding hydrogens is 252 g/mol. The molecule has 1 rings (SSSR count). The van der Waals surface area contributed by atoms with Gasteiger partial charge in [0.1, 0.15) is 0 Å². The molecule has 0 amide bonds. The first-order chi connectivity index (χ1) is 9.28. The molecule has 4 heteroatoms. The maximum Gasteiger partial charge on any atom is 0.0558 e. The fourth-order valence-corrected chi connectivity index (χ4v) is 2.73. The van der Waals surface area contributed by atoms with E-state index in [4.69, 9.17) is 4.74 Å². The van der Waals surface area contributed by atoms with Crippen LogP contribution in [0.4, 0.5) is 0 Å². The van der Waals surface area contributed by atoms with Crippen LogP contribution in [0.1, 0.15) is 47.5 Å². The molecule has 120 valence electrons. The van der Waals surface area contributed by atoms with E-state index in [2.05, 4.69) is 44.8 Å². The van der Waals surface area contributed by atoms with Crippen LogP contribution in [0.3, 0.4) is 0 Å². The van der Waals surface area contributed by atoms with Gasteiger partial charge in [-0.3, -0.25) is 4.90 Å². The van der Waals surface area contributed by atoms with Crippen molar-refractivity contribution in [1.29, 1.82) is 0 Å². The van der Waals surface area contributed by atoms with Crippen molar-refractivity contribution in [2.24, 2.45) is 5.41 Å². The second kappa shape index (κ2) is 7.74. The van der Waals surface area contributed by atoms with Gasteiger partial charge in [-0.1, -0.05) is 0 Å². The lowest BCUT2D eigenvalue weighted by Gasteiger charge is -2.43. The van der Waals surface area contributed by atoms with Gasteiger partial charge in [-0.15, -0.1) is 0 Å². The number of ether oxygens (including phenoxy) is 1. The summed E-state index contributed by atoms with van der Waals surface area (Å²) < 4.78 is 5.56. The van der Waals surface area contributed by atoms with Crippen LogP contribution in [0, 0.1) is 5.41 Å². The summed E-state index contributed by atoms with van der Waals surface area (Å²) in [5.74, 6) is 0. The highest BCUT2D eigenvalue weighted by Crippen LogP contribution is 2.32. The summed E-state index contributed by atoms with van der Waals surface area (Å²) in [4.78, 5) is 2.40. The van der Waals surface area contributed by atoms with Gasteiger partial charge in [0.05, 0.1) is 6.61 Å². The largest absolute Gasteiger partial charge is 0.395 e. The molecule has 4 nitrogen and oxygen atoms in total. The van der Waals surface area contributed by atoms with E-state index in [0.29, 0.717) is 6.04 Å². The van der Waals surface area contributed by atoms with E-state index in [9.17, 15) is 5.11 Å². The lowest BCUT2D eigenvalue weighted by Crippen LogP contribution is -2.52. The van der Waals surface area contributed by atoms with E-state index >= 15 is 0 Å². The topological polar surface area (TPSA) is 44.7 Å². The second-order valence-electron chi connectivity index (χ2n) is 7.50. The predicted octanol–water partition coefficient (Wildman–Crippen LogP) is 1.87. The van der Waals surface area contributed by atoms with Gasteiger partial charge >= 0.3 is 0 Å². The highest BCUT2D eigenvalue weighted by atomic mass is 16.5. The molecule has 1 saturated heterocycles. The molecule has 0 aliphatic carbocycles. The smallest absolute Gasteiger partial charge is 0.0558 e. The highest BCUT2D eigenvalue weighted by molar-refractivity contribution is 4.90. The lowest BCUT2D eigenvalue weighted by atomic mass is 9.78. The summed E-state index contributed by atoms with van der Waals surface area (Å²) in [6.07, 6.45) is 2.20. The van der Waals surface area contributed by atoms with Gasteiger partial charge in [0.25, 0.3) is 0 Å². The maximum atomic E-state index is 9.28. The molecule has 0 aromatic carbocycles. The van der Waals surface area contributed by atoms with Crippen molar-refractivity contribution in [3.05, 3.63) is 0 Å². The third-order valence-corrected chi connectivity index (χ3v) is 4.20. The van der Waals surface area contributed by atoms with Crippen LogP contribution in [-0.2, 0) is 4.74 Å². The first-order valence-corrected chi connectivity index (χ1v) is 7.96. The quantitative estimate of drug-likeness (QED) is 0.750. The average Bonchev–Trinajstić information content (AvgIpc) is 2.36. The fourth-order valence-electron chi connectivity index (χ4n) is 2.73. The summed E-state index contributed by atoms with van der Waals surface area (Å²) in [6.45, 7) is 15.8. The van der Waals surface area contributed by atoms with Gasteiger partial charge < -0.3 is 15.2 Å². The molecule has 0 aromatic rings. The zero-order valence-corrected chi connectivity index (χ0v) is 14.0. The minimum Gasteiger partial charge on any atom is -0.395 e. The standard InChI is InChI=1S/C16H34N2O2/c1-14(2)18(8-9-19)13-16(6-10-20-11-7-16)12-17-15(3,4)5/h14,17,19H,6-13H2,1-5H3. The molecule has 0 bridgehead atoms. The van der Waals surface area contributed by atoms with E-state index < -0.39 is 0 Å². The normalized spacial score (nSPS) is 19.8. The Hall–Kier alpha value is -0.160. The zero-order valence-electron chi connectivity index (χ0n) is 14.0. The Morgan fingerprint density at radius 1 is 1.25 bits per heavy atom. The zero-order chi connectivity index (χ0) is 15.2. The molecule has 0 saturated carbocycles. The van der Waals surface area contributed by atoms with Gasteiger partial charge in [-0.25, -0.2) is 0 Å². The van der Waals surface area contributed by atoms with Gasteiger partial charge in [-0.2, -0.15) is 0 Å². The Morgan fingerprint density at radius 3 is 2.30 bits per heavy atom. The molecule has 0 radical (unpaired) electrons. The molecule has 0 unspecified atom stereocenters. The molecule has 1 heterocycles. The van der Waals surface area contributed by atoms with Gasteiger partial charge in [-0.05, 0) is 52.9 Å². The van der Waals surface area contributed by atoms with E-state index in [1.54, 1.807) is 0 Å². The Kier molecular flexibility index (Phi) is 6.92. The summed E-state index contributed by atoms with van der Waals surface area (Å²) in [5, 5.41) is 13.0. The molecule has 0 aromatic heterocycles. The SMILES string of the molecule is CC(C)N(CCO)CC1(CNC(C)(C)C)CCOCC1. The van der Waals surface area contributed by atoms with Gasteiger partial charge in [0, 0.05) is 44.4 Å². The van der Waals surface area contributed by atoms with E-state index in [-0.39, 0.29) is 17.6 Å². The molecule has 1 fully saturated rings. The van der Waals surface area contributed by atoms with Crippen LogP contribution < -0.4 is 5.32 Å². The monoisotopic (exact) mass is 286 g/mol. The van der Waals surface area contributed by atoms with E-state index in [0.717, 1.165) is 45.7 Å². The number of nitrogens with zero attached hydrogens (tertiary/aromatic N) is 1. The summed E-state index contributed by atoms with van der Waals surface area (Å²) >= 11 is 0. The number of hydrogen-bond donors (Lipinski definition) is 2. The minimum atomic E-state index is 0.144. The van der Waals surface area contributed by atoms with Crippen molar-refractivity contribution in [1.82, 2.24) is 10.2 Å². The van der Waals surface area contributed by atoms with E-state index in [1.165, 1.54) is 0 Å². The molecule has 0 spiro atoms. The van der Waals surface area contributed by atoms with Crippen LogP contribution >= 0.6 is 0 Å². The number of hydrogen-bond acceptors (Lipinski definition) is 4. The first kappa shape index (κ1) is 17.9. The van der Waals surface area contributed by atoms with Crippen molar-refractivity contribution in [3.8, 4) is 0 Å². The number of aliphatic hydroxyl groups excluding tert-OH is 1. The van der Waals surface area contributed by atoms with Crippen LogP contribution in [0.2, 0.25) is 0 Å². The minimum absolute atomic E-state index is 0.144. The highest BCUT2D eigenvalue weighted by Gasteiger charge is 2.35. The maximum absolute atomic E-state index is 9.28. The van der Waals surface area contributed by atoms with Crippen molar-refractivity contribution < 1.29 is 9.84 Å². The molecule has 0 atom stereocenters. The third kappa shape index (κ3) is 6.08. The van der Waals surface area contributed by atoms with Crippen LogP contribution in [-0.4, -0.2) is 61.0 Å². The summed E-state index contributed by atoms with van der Waals surface area (Å²) in [7, 11) is 0. The first-order valence-electron chi connectivity index (χ1n) is 7.96. The van der Waals surface area contributed by atoms with Crippen molar-refractivity contribution >= 4 is 0 Å². The Labute approximate surface area is 124 Å². The summed E-state index contributed by atoms with van der Waals surface area (Å²) in [5.41, 5.74) is 0.413.